The minimum absolute atomic E-state index is 0. The van der Waals surface area contributed by atoms with E-state index in [0.29, 0.717) is 18.7 Å². The molecule has 0 saturated carbocycles. The molecule has 0 saturated heterocycles. The molecule has 8 heavy (non-hydrogen) atoms. The van der Waals surface area contributed by atoms with E-state index in [9.17, 15) is 0 Å². The third-order valence-electron chi connectivity index (χ3n) is 0. The predicted molar refractivity (Wildman–Crippen MR) is 16.3 cm³/mol. The van der Waals surface area contributed by atoms with E-state index in [1.54, 1.807) is 0 Å². The first-order valence-corrected chi connectivity index (χ1v) is 3.64. The van der Waals surface area contributed by atoms with Gasteiger partial charge in [0.25, 0.3) is 0 Å². The van der Waals surface area contributed by atoms with Crippen molar-refractivity contribution in [2.24, 2.45) is 0 Å². The normalized spacial score (nSPS) is 8.12. The summed E-state index contributed by atoms with van der Waals surface area (Å²) in [7, 11) is -5.17. The molecular weight excluding hydrogens is 193 g/mol. The van der Waals surface area contributed by atoms with E-state index < -0.39 is 10.4 Å². The van der Waals surface area contributed by atoms with Crippen LogP contribution in [0.5, 0.6) is 0 Å². The predicted octanol–water partition coefficient (Wildman–Crippen LogP) is -2.72. The fraction of sp³-hybridized carbons (Fsp3) is 0. The van der Waals surface area contributed by atoms with Crippen LogP contribution in [-0.2, 0) is 29.1 Å². The van der Waals surface area contributed by atoms with Gasteiger partial charge >= 0.3 is 22.6 Å². The van der Waals surface area contributed by atoms with Gasteiger partial charge in [0.1, 0.15) is 0 Å². The van der Waals surface area contributed by atoms with Gasteiger partial charge in [0.05, 0.1) is 0 Å². The van der Waals surface area contributed by atoms with E-state index in [1.807, 2.05) is 0 Å². The summed E-state index contributed by atoms with van der Waals surface area (Å²) < 4.78 is 41.2. The van der Waals surface area contributed by atoms with Gasteiger partial charge in [-0.25, -0.2) is 0 Å². The molecule has 0 spiro atoms. The molecule has 8 heteroatoms. The Morgan fingerprint density at radius 2 is 1.25 bits per heavy atom. The summed E-state index contributed by atoms with van der Waals surface area (Å²) in [5.74, 6) is 0. The van der Waals surface area contributed by atoms with Gasteiger partial charge in [-0.3, -0.25) is 8.42 Å². The Morgan fingerprint density at radius 1 is 1.25 bits per heavy atom. The quantitative estimate of drug-likeness (QED) is 0.255. The fourth-order valence-corrected chi connectivity index (χ4v) is 0. The number of hydrogen-bond donors (Lipinski definition) is 1. The standard InChI is InChI=1S/H2O4S.2H2O.Zn/c1-5(2,3)4;;;/h(H2,1,2,3,4);2*1H2;/q;;;+3/p-3. The molecule has 0 aromatic rings. The maximum atomic E-state index is 8.52. The van der Waals surface area contributed by atoms with Crippen molar-refractivity contribution in [3.05, 3.63) is 0 Å². The Morgan fingerprint density at radius 3 is 1.25 bits per heavy atom. The third-order valence-corrected chi connectivity index (χ3v) is 0. The zero-order valence-corrected chi connectivity index (χ0v) is 7.48. The molecule has 0 amide bonds. The van der Waals surface area contributed by atoms with Crippen LogP contribution in [0.25, 0.3) is 0 Å². The van der Waals surface area contributed by atoms with Gasteiger partial charge in [-0.2, -0.15) is 0 Å². The van der Waals surface area contributed by atoms with Crippen LogP contribution in [0.4, 0.5) is 0 Å². The van der Waals surface area contributed by atoms with Gasteiger partial charge in [-0.05, 0) is 0 Å². The summed E-state index contributed by atoms with van der Waals surface area (Å²) in [6.07, 6.45) is 0. The van der Waals surface area contributed by atoms with Gasteiger partial charge in [-0.15, -0.1) is 0 Å². The van der Waals surface area contributed by atoms with Crippen LogP contribution in [0.1, 0.15) is 0 Å². The van der Waals surface area contributed by atoms with Crippen LogP contribution in [0.3, 0.4) is 0 Å². The molecule has 0 aromatic heterocycles. The Labute approximate surface area is 56.5 Å². The first-order chi connectivity index (χ1) is 3.00. The van der Waals surface area contributed by atoms with Crippen LogP contribution < -0.4 is 0 Å². The second kappa shape index (κ2) is 7.41. The summed E-state index contributed by atoms with van der Waals surface area (Å²) >= 11 is 0.375. The molecule has 0 rings (SSSR count). The molecular formula is H3O6SZn. The summed E-state index contributed by atoms with van der Waals surface area (Å²) in [4.78, 5) is 0. The topological polar surface area (TPSA) is 132 Å². The Kier molecular flexibility index (Phi) is 14.6. The Balaban J connectivity index is -0.0000000750. The minimum atomic E-state index is -5.17. The van der Waals surface area contributed by atoms with Crippen molar-refractivity contribution in [3.8, 4) is 0 Å². The van der Waals surface area contributed by atoms with E-state index in [0.717, 1.165) is 0 Å². The second-order valence-electron chi connectivity index (χ2n) is 0.408. The van der Waals surface area contributed by atoms with Gasteiger partial charge in [0.2, 0.25) is 0 Å². The molecule has 0 radical (unpaired) electrons. The SMILES string of the molecule is O.O=S(=O)([O-])[O-].[OH][Zn+2]. The maximum absolute atomic E-state index is 8.52. The molecule has 0 aliphatic heterocycles. The molecule has 0 atom stereocenters. The van der Waals surface area contributed by atoms with Crippen molar-refractivity contribution in [3.63, 3.8) is 0 Å². The van der Waals surface area contributed by atoms with Gasteiger partial charge in [0, 0.05) is 10.4 Å². The van der Waals surface area contributed by atoms with Crippen molar-refractivity contribution in [2.75, 3.05) is 0 Å². The fourth-order valence-electron chi connectivity index (χ4n) is 0. The van der Waals surface area contributed by atoms with Gasteiger partial charge in [0.15, 0.2) is 0 Å². The van der Waals surface area contributed by atoms with Crippen LogP contribution >= 0.6 is 0 Å². The van der Waals surface area contributed by atoms with Crippen LogP contribution in [0.15, 0.2) is 0 Å². The van der Waals surface area contributed by atoms with Gasteiger partial charge in [-0.1, -0.05) is 0 Å². The van der Waals surface area contributed by atoms with Gasteiger partial charge < -0.3 is 14.6 Å². The molecule has 0 bridgehead atoms. The van der Waals surface area contributed by atoms with Crippen molar-refractivity contribution >= 4 is 10.4 Å². The molecule has 0 aliphatic rings. The molecule has 6 nitrogen and oxygen atoms in total. The Hall–Kier alpha value is 0.413. The van der Waals surface area contributed by atoms with E-state index in [-0.39, 0.29) is 5.48 Å². The molecule has 0 heterocycles. The van der Waals surface area contributed by atoms with Crippen LogP contribution in [0, 0.1) is 0 Å². The summed E-state index contributed by atoms with van der Waals surface area (Å²) in [5, 5.41) is 0. The van der Waals surface area contributed by atoms with E-state index in [4.69, 9.17) is 21.5 Å². The summed E-state index contributed by atoms with van der Waals surface area (Å²) in [5.41, 5.74) is 0. The van der Waals surface area contributed by atoms with Crippen LogP contribution in [0.2, 0.25) is 0 Å². The Bertz CT molecular complexity index is 91.7. The van der Waals surface area contributed by atoms with E-state index in [2.05, 4.69) is 0 Å². The monoisotopic (exact) mass is 195 g/mol. The third kappa shape index (κ3) is 1100. The molecule has 0 aliphatic carbocycles. The van der Waals surface area contributed by atoms with E-state index in [1.165, 1.54) is 0 Å². The summed E-state index contributed by atoms with van der Waals surface area (Å²) in [6, 6.07) is 0. The molecule has 0 unspecified atom stereocenters. The number of rotatable bonds is 0. The summed E-state index contributed by atoms with van der Waals surface area (Å²) in [6.45, 7) is 0. The number of hydrogen-bond acceptors (Lipinski definition) is 5. The van der Waals surface area contributed by atoms with Crippen molar-refractivity contribution in [1.29, 1.82) is 0 Å². The molecule has 0 fully saturated rings. The van der Waals surface area contributed by atoms with Crippen molar-refractivity contribution < 1.29 is 45.6 Å². The second-order valence-corrected chi connectivity index (χ2v) is 1.22. The van der Waals surface area contributed by atoms with Crippen molar-refractivity contribution in [2.45, 2.75) is 0 Å². The van der Waals surface area contributed by atoms with E-state index >= 15 is 0 Å². The first-order valence-electron chi connectivity index (χ1n) is 0.983. The zero-order chi connectivity index (χ0) is 6.50. The average molecular weight is 196 g/mol. The average Bonchev–Trinajstić information content (AvgIpc) is 1.36. The molecule has 0 aromatic carbocycles. The molecule has 3 N–H and O–H groups in total. The van der Waals surface area contributed by atoms with Crippen molar-refractivity contribution in [1.82, 2.24) is 0 Å². The first kappa shape index (κ1) is 15.8. The van der Waals surface area contributed by atoms with Crippen LogP contribution in [-0.4, -0.2) is 26.9 Å². The molecule has 47 valence electrons. The zero-order valence-electron chi connectivity index (χ0n) is 3.70.